The van der Waals surface area contributed by atoms with E-state index in [1.165, 1.54) is 24.3 Å². The van der Waals surface area contributed by atoms with Gasteiger partial charge in [-0.25, -0.2) is 17.9 Å². The monoisotopic (exact) mass is 309 g/mol. The molecule has 0 aliphatic rings. The Kier molecular flexibility index (Phi) is 4.15. The van der Waals surface area contributed by atoms with Gasteiger partial charge in [-0.2, -0.15) is 0 Å². The molecule has 2 aromatic carbocycles. The largest absolute Gasteiger partial charge is 0.397 e. The van der Waals surface area contributed by atoms with Crippen LogP contribution in [0.4, 0.5) is 15.8 Å². The van der Waals surface area contributed by atoms with E-state index in [9.17, 15) is 12.8 Å². The third-order valence-corrected chi connectivity index (χ3v) is 3.96. The molecule has 0 fully saturated rings. The first-order valence-electron chi connectivity index (χ1n) is 6.15. The van der Waals surface area contributed by atoms with Crippen molar-refractivity contribution >= 4 is 21.4 Å². The molecule has 0 spiro atoms. The first-order chi connectivity index (χ1) is 9.77. The van der Waals surface area contributed by atoms with Crippen molar-refractivity contribution in [1.29, 1.82) is 0 Å². The number of sulfonamides is 1. The lowest BCUT2D eigenvalue weighted by molar-refractivity contribution is 0.598. The normalized spacial score (nSPS) is 11.4. The van der Waals surface area contributed by atoms with Crippen LogP contribution < -0.4 is 15.8 Å². The van der Waals surface area contributed by atoms with Gasteiger partial charge in [0, 0.05) is 13.6 Å². The second kappa shape index (κ2) is 5.71. The first-order valence-corrected chi connectivity index (χ1v) is 7.70. The lowest BCUT2D eigenvalue weighted by atomic mass is 10.2. The number of hydrogen-bond donors (Lipinski definition) is 2. The SMILES string of the molecule is CN(Cc1cccc(F)c1)c1ccc(S(N)(=O)=O)cc1N. The molecule has 0 unspecified atom stereocenters. The molecule has 2 rings (SSSR count). The Balaban J connectivity index is 2.26. The minimum absolute atomic E-state index is 0.0390. The maximum atomic E-state index is 13.2. The molecule has 0 bridgehead atoms. The highest BCUT2D eigenvalue weighted by Gasteiger charge is 2.12. The van der Waals surface area contributed by atoms with Gasteiger partial charge in [0.05, 0.1) is 16.3 Å². The summed E-state index contributed by atoms with van der Waals surface area (Å²) < 4.78 is 35.7. The number of nitrogen functional groups attached to an aromatic ring is 1. The lowest BCUT2D eigenvalue weighted by Crippen LogP contribution is -2.19. The molecule has 4 N–H and O–H groups in total. The van der Waals surface area contributed by atoms with E-state index in [2.05, 4.69) is 0 Å². The maximum Gasteiger partial charge on any atom is 0.238 e. The molecule has 0 atom stereocenters. The molecule has 21 heavy (non-hydrogen) atoms. The summed E-state index contributed by atoms with van der Waals surface area (Å²) in [5, 5.41) is 5.05. The van der Waals surface area contributed by atoms with Gasteiger partial charge >= 0.3 is 0 Å². The summed E-state index contributed by atoms with van der Waals surface area (Å²) >= 11 is 0. The molecule has 0 aromatic heterocycles. The molecule has 112 valence electrons. The summed E-state index contributed by atoms with van der Waals surface area (Å²) in [4.78, 5) is 1.76. The van der Waals surface area contributed by atoms with Gasteiger partial charge in [-0.3, -0.25) is 0 Å². The van der Waals surface area contributed by atoms with Gasteiger partial charge in [0.15, 0.2) is 0 Å². The highest BCUT2D eigenvalue weighted by molar-refractivity contribution is 7.89. The second-order valence-electron chi connectivity index (χ2n) is 4.75. The van der Waals surface area contributed by atoms with Crippen LogP contribution in [0, 0.1) is 5.82 Å². The van der Waals surface area contributed by atoms with E-state index in [-0.39, 0.29) is 10.7 Å². The maximum absolute atomic E-state index is 13.2. The van der Waals surface area contributed by atoms with E-state index in [0.717, 1.165) is 5.56 Å². The van der Waals surface area contributed by atoms with Crippen LogP contribution in [-0.2, 0) is 16.6 Å². The van der Waals surface area contributed by atoms with Crippen molar-refractivity contribution < 1.29 is 12.8 Å². The fraction of sp³-hybridized carbons (Fsp3) is 0.143. The van der Waals surface area contributed by atoms with Gasteiger partial charge < -0.3 is 10.6 Å². The fourth-order valence-electron chi connectivity index (χ4n) is 2.05. The highest BCUT2D eigenvalue weighted by atomic mass is 32.2. The summed E-state index contributed by atoms with van der Waals surface area (Å²) in [5.74, 6) is -0.307. The van der Waals surface area contributed by atoms with Crippen molar-refractivity contribution in [3.8, 4) is 0 Å². The number of benzene rings is 2. The third-order valence-electron chi connectivity index (χ3n) is 3.05. The summed E-state index contributed by atoms with van der Waals surface area (Å²) in [6.45, 7) is 0.441. The molecular formula is C14H16FN3O2S. The Hall–Kier alpha value is -2.12. The second-order valence-corrected chi connectivity index (χ2v) is 6.31. The molecule has 5 nitrogen and oxygen atoms in total. The standard InChI is InChI=1S/C14H16FN3O2S/c1-18(9-10-3-2-4-11(15)7-10)14-6-5-12(8-13(14)16)21(17,19)20/h2-8H,9,16H2,1H3,(H2,17,19,20). The van der Waals surface area contributed by atoms with E-state index in [1.54, 1.807) is 30.1 Å². The van der Waals surface area contributed by atoms with Crippen LogP contribution in [0.15, 0.2) is 47.4 Å². The van der Waals surface area contributed by atoms with Crippen LogP contribution in [0.5, 0.6) is 0 Å². The number of halogens is 1. The van der Waals surface area contributed by atoms with Gasteiger partial charge in [-0.05, 0) is 35.9 Å². The molecule has 0 heterocycles. The van der Waals surface area contributed by atoms with Gasteiger partial charge in [0.1, 0.15) is 5.82 Å². The minimum Gasteiger partial charge on any atom is -0.397 e. The molecule has 0 radical (unpaired) electrons. The summed E-state index contributed by atoms with van der Waals surface area (Å²) in [6, 6.07) is 10.5. The zero-order chi connectivity index (χ0) is 15.6. The fourth-order valence-corrected chi connectivity index (χ4v) is 2.60. The first kappa shape index (κ1) is 15.3. The Morgan fingerprint density at radius 1 is 1.19 bits per heavy atom. The van der Waals surface area contributed by atoms with Crippen molar-refractivity contribution in [1.82, 2.24) is 0 Å². The number of rotatable bonds is 4. The van der Waals surface area contributed by atoms with Crippen LogP contribution in [0.2, 0.25) is 0 Å². The summed E-state index contributed by atoms with van der Waals surface area (Å²) in [6.07, 6.45) is 0. The zero-order valence-corrected chi connectivity index (χ0v) is 12.3. The number of anilines is 2. The van der Waals surface area contributed by atoms with Crippen LogP contribution in [0.1, 0.15) is 5.56 Å². The number of hydrogen-bond acceptors (Lipinski definition) is 4. The highest BCUT2D eigenvalue weighted by Crippen LogP contribution is 2.26. The predicted molar refractivity (Wildman–Crippen MR) is 80.7 cm³/mol. The quantitative estimate of drug-likeness (QED) is 0.841. The minimum atomic E-state index is -3.78. The molecule has 0 amide bonds. The Morgan fingerprint density at radius 3 is 2.48 bits per heavy atom. The lowest BCUT2D eigenvalue weighted by Gasteiger charge is -2.21. The smallest absolute Gasteiger partial charge is 0.238 e. The Morgan fingerprint density at radius 2 is 1.90 bits per heavy atom. The average Bonchev–Trinajstić information content (AvgIpc) is 2.37. The van der Waals surface area contributed by atoms with E-state index < -0.39 is 10.0 Å². The van der Waals surface area contributed by atoms with Crippen LogP contribution in [0.3, 0.4) is 0 Å². The van der Waals surface area contributed by atoms with Crippen molar-refractivity contribution in [3.05, 3.63) is 53.8 Å². The topological polar surface area (TPSA) is 89.4 Å². The Labute approximate surface area is 123 Å². The summed E-state index contributed by atoms with van der Waals surface area (Å²) in [5.41, 5.74) is 7.59. The van der Waals surface area contributed by atoms with Gasteiger partial charge in [-0.1, -0.05) is 12.1 Å². The van der Waals surface area contributed by atoms with E-state index >= 15 is 0 Å². The predicted octanol–water partition coefficient (Wildman–Crippen LogP) is 1.69. The van der Waals surface area contributed by atoms with Crippen LogP contribution in [0.25, 0.3) is 0 Å². The third kappa shape index (κ3) is 3.71. The van der Waals surface area contributed by atoms with E-state index in [4.69, 9.17) is 10.9 Å². The van der Waals surface area contributed by atoms with Crippen molar-refractivity contribution in [2.75, 3.05) is 17.7 Å². The molecule has 0 saturated heterocycles. The number of nitrogens with two attached hydrogens (primary N) is 2. The van der Waals surface area contributed by atoms with Crippen LogP contribution in [-0.4, -0.2) is 15.5 Å². The Bertz CT molecular complexity index is 763. The van der Waals surface area contributed by atoms with Crippen molar-refractivity contribution in [3.63, 3.8) is 0 Å². The molecule has 7 heteroatoms. The molecule has 0 saturated carbocycles. The number of primary sulfonamides is 1. The van der Waals surface area contributed by atoms with Gasteiger partial charge in [0.2, 0.25) is 10.0 Å². The molecular weight excluding hydrogens is 293 g/mol. The average molecular weight is 309 g/mol. The summed E-state index contributed by atoms with van der Waals surface area (Å²) in [7, 11) is -2.00. The van der Waals surface area contributed by atoms with E-state index in [0.29, 0.717) is 17.9 Å². The van der Waals surface area contributed by atoms with E-state index in [1.807, 2.05) is 0 Å². The van der Waals surface area contributed by atoms with Crippen molar-refractivity contribution in [2.24, 2.45) is 5.14 Å². The molecule has 0 aliphatic heterocycles. The zero-order valence-electron chi connectivity index (χ0n) is 11.5. The van der Waals surface area contributed by atoms with Crippen LogP contribution >= 0.6 is 0 Å². The molecule has 0 aliphatic carbocycles. The van der Waals surface area contributed by atoms with Gasteiger partial charge in [0.25, 0.3) is 0 Å². The van der Waals surface area contributed by atoms with Gasteiger partial charge in [-0.15, -0.1) is 0 Å². The van der Waals surface area contributed by atoms with Crippen molar-refractivity contribution in [2.45, 2.75) is 11.4 Å². The number of nitrogens with zero attached hydrogens (tertiary/aromatic N) is 1. The molecule has 2 aromatic rings.